The van der Waals surface area contributed by atoms with Gasteiger partial charge in [0.25, 0.3) is 0 Å². The molecule has 0 spiro atoms. The Morgan fingerprint density at radius 3 is 2.10 bits per heavy atom. The fourth-order valence-electron chi connectivity index (χ4n) is 0.542. The predicted octanol–water partition coefficient (Wildman–Crippen LogP) is 0.864. The topological polar surface area (TPSA) is 40.5 Å². The van der Waals surface area contributed by atoms with Crippen LogP contribution >= 0.6 is 0 Å². The molecule has 0 aromatic heterocycles. The van der Waals surface area contributed by atoms with Gasteiger partial charge in [0.15, 0.2) is 0 Å². The van der Waals surface area contributed by atoms with Crippen molar-refractivity contribution in [3.8, 4) is 0 Å². The van der Waals surface area contributed by atoms with Crippen LogP contribution in [0.15, 0.2) is 24.3 Å². The first-order valence-electron chi connectivity index (χ1n) is 3.88. The minimum atomic E-state index is -1.10. The second-order valence-corrected chi connectivity index (χ2v) is 1.81. The zero-order valence-corrected chi connectivity index (χ0v) is 5.90. The van der Waals surface area contributed by atoms with E-state index in [9.17, 15) is 0 Å². The van der Waals surface area contributed by atoms with Crippen molar-refractivity contribution < 1.29 is 11.6 Å². The molecule has 0 rings (SSSR count). The van der Waals surface area contributed by atoms with E-state index in [1.807, 2.05) is 6.08 Å². The molecule has 0 aromatic carbocycles. The third kappa shape index (κ3) is 7.40. The Labute approximate surface area is 62.9 Å². The van der Waals surface area contributed by atoms with Crippen molar-refractivity contribution in [2.24, 2.45) is 0 Å². The second-order valence-electron chi connectivity index (χ2n) is 1.81. The van der Waals surface area contributed by atoms with Crippen LogP contribution in [0.4, 0.5) is 0 Å². The van der Waals surface area contributed by atoms with Crippen molar-refractivity contribution in [1.29, 1.82) is 0 Å². The molecule has 2 N–H and O–H groups in total. The summed E-state index contributed by atoms with van der Waals surface area (Å²) in [6, 6.07) is 0. The van der Waals surface area contributed by atoms with E-state index in [0.29, 0.717) is 0 Å². The molecule has 0 aliphatic heterocycles. The molecule has 0 saturated heterocycles. The summed E-state index contributed by atoms with van der Waals surface area (Å²) in [6.45, 7) is -1.03. The highest BCUT2D eigenvalue weighted by Crippen LogP contribution is 1.91. The molecule has 0 amide bonds. The third-order valence-corrected chi connectivity index (χ3v) is 0.994. The lowest BCUT2D eigenvalue weighted by Crippen LogP contribution is -1.73. The van der Waals surface area contributed by atoms with Crippen molar-refractivity contribution >= 4 is 0 Å². The first-order chi connectivity index (χ1) is 5.27. The highest BCUT2D eigenvalue weighted by molar-refractivity contribution is 4.87. The molecular weight excluding hydrogens is 128 g/mol. The summed E-state index contributed by atoms with van der Waals surface area (Å²) in [6.07, 6.45) is 8.34. The molecule has 0 aliphatic carbocycles. The molecular formula is C8H14O2. The summed E-state index contributed by atoms with van der Waals surface area (Å²) in [5, 5.41) is 16.8. The number of unbranched alkanes of at least 4 members (excludes halogenated alkanes) is 1. The van der Waals surface area contributed by atoms with Crippen molar-refractivity contribution in [3.63, 3.8) is 0 Å². The number of allylic oxidation sites excluding steroid dienone is 2. The van der Waals surface area contributed by atoms with Gasteiger partial charge in [0.2, 0.25) is 0 Å². The van der Waals surface area contributed by atoms with E-state index in [0.717, 1.165) is 12.8 Å². The van der Waals surface area contributed by atoms with Gasteiger partial charge in [0, 0.05) is 0 Å². The number of hydrogen-bond acceptors (Lipinski definition) is 2. The normalized spacial score (nSPS) is 16.4. The Morgan fingerprint density at radius 1 is 1.00 bits per heavy atom. The smallest absolute Gasteiger partial charge is 0.0612 e. The van der Waals surface area contributed by atoms with E-state index < -0.39 is 6.58 Å². The van der Waals surface area contributed by atoms with Gasteiger partial charge in [-0.15, -0.1) is 0 Å². The lowest BCUT2D eigenvalue weighted by Gasteiger charge is -1.84. The highest BCUT2D eigenvalue weighted by Gasteiger charge is 1.74. The molecule has 0 heterocycles. The zero-order chi connectivity index (χ0) is 8.53. The van der Waals surface area contributed by atoms with Crippen LogP contribution in [0.5, 0.6) is 0 Å². The van der Waals surface area contributed by atoms with Crippen LogP contribution in [-0.4, -0.2) is 23.4 Å². The maximum atomic E-state index is 8.48. The van der Waals surface area contributed by atoms with Gasteiger partial charge in [-0.05, 0) is 12.8 Å². The monoisotopic (exact) mass is 143 g/mol. The first-order valence-corrected chi connectivity index (χ1v) is 3.30. The molecule has 2 nitrogen and oxygen atoms in total. The lowest BCUT2D eigenvalue weighted by atomic mass is 10.3. The van der Waals surface area contributed by atoms with Gasteiger partial charge in [-0.25, -0.2) is 0 Å². The Bertz CT molecular complexity index is 130. The molecule has 0 bridgehead atoms. The lowest BCUT2D eigenvalue weighted by molar-refractivity contribution is 0.341. The summed E-state index contributed by atoms with van der Waals surface area (Å²) < 4.78 is 6.70. The number of aliphatic hydroxyl groups is 2. The number of hydrogen-bond donors (Lipinski definition) is 2. The maximum absolute atomic E-state index is 8.48. The van der Waals surface area contributed by atoms with Crippen molar-refractivity contribution in [3.05, 3.63) is 24.3 Å². The Hall–Kier alpha value is -0.600. The van der Waals surface area contributed by atoms with Crippen LogP contribution < -0.4 is 0 Å². The third-order valence-electron chi connectivity index (χ3n) is 0.994. The van der Waals surface area contributed by atoms with E-state index in [-0.39, 0.29) is 6.61 Å². The van der Waals surface area contributed by atoms with Gasteiger partial charge in [-0.1, -0.05) is 24.3 Å². The minimum Gasteiger partial charge on any atom is -0.392 e. The fraction of sp³-hybridized carbons (Fsp3) is 0.500. The summed E-state index contributed by atoms with van der Waals surface area (Å²) in [4.78, 5) is 0. The molecule has 0 aliphatic rings. The zero-order valence-electron chi connectivity index (χ0n) is 6.90. The van der Waals surface area contributed by atoms with Crippen LogP contribution in [0, 0.1) is 0 Å². The SMILES string of the molecule is [2H]C(O)C=CCCC=CCO. The van der Waals surface area contributed by atoms with Crippen molar-refractivity contribution in [2.75, 3.05) is 13.2 Å². The van der Waals surface area contributed by atoms with Crippen LogP contribution in [0.25, 0.3) is 0 Å². The van der Waals surface area contributed by atoms with Crippen LogP contribution in [-0.2, 0) is 0 Å². The maximum Gasteiger partial charge on any atom is 0.0612 e. The molecule has 2 heteroatoms. The first kappa shape index (κ1) is 7.51. The van der Waals surface area contributed by atoms with Gasteiger partial charge in [0.1, 0.15) is 0 Å². The molecule has 58 valence electrons. The van der Waals surface area contributed by atoms with E-state index in [2.05, 4.69) is 0 Å². The fourth-order valence-corrected chi connectivity index (χ4v) is 0.542. The molecule has 0 fully saturated rings. The van der Waals surface area contributed by atoms with E-state index in [4.69, 9.17) is 11.6 Å². The number of aliphatic hydroxyl groups excluding tert-OH is 2. The van der Waals surface area contributed by atoms with Gasteiger partial charge < -0.3 is 10.2 Å². The Kier molecular flexibility index (Phi) is 6.31. The van der Waals surface area contributed by atoms with Gasteiger partial charge in [0.05, 0.1) is 14.6 Å². The molecule has 0 aromatic rings. The van der Waals surface area contributed by atoms with Crippen LogP contribution in [0.2, 0.25) is 0 Å². The predicted molar refractivity (Wildman–Crippen MR) is 41.7 cm³/mol. The number of rotatable bonds is 5. The van der Waals surface area contributed by atoms with Crippen molar-refractivity contribution in [2.45, 2.75) is 12.8 Å². The largest absolute Gasteiger partial charge is 0.392 e. The average molecular weight is 143 g/mol. The Morgan fingerprint density at radius 2 is 1.60 bits per heavy atom. The summed E-state index contributed by atoms with van der Waals surface area (Å²) >= 11 is 0. The second kappa shape index (κ2) is 8.40. The molecule has 1 unspecified atom stereocenters. The summed E-state index contributed by atoms with van der Waals surface area (Å²) in [5.74, 6) is 0. The summed E-state index contributed by atoms with van der Waals surface area (Å²) in [7, 11) is 0. The van der Waals surface area contributed by atoms with Crippen LogP contribution in [0.3, 0.4) is 0 Å². The minimum absolute atomic E-state index is 0.0742. The highest BCUT2D eigenvalue weighted by atomic mass is 16.3. The molecule has 0 radical (unpaired) electrons. The standard InChI is InChI=1S/C8H14O2/c9-7-5-3-1-2-4-6-8-10/h3-6,9-10H,1-2,7-8H2/i7D. The van der Waals surface area contributed by atoms with Gasteiger partial charge in [-0.2, -0.15) is 0 Å². The molecule has 1 atom stereocenters. The van der Waals surface area contributed by atoms with Gasteiger partial charge >= 0.3 is 0 Å². The van der Waals surface area contributed by atoms with Gasteiger partial charge in [-0.3, -0.25) is 0 Å². The summed E-state index contributed by atoms with van der Waals surface area (Å²) in [5.41, 5.74) is 0. The quantitative estimate of drug-likeness (QED) is 0.442. The Balaban J connectivity index is 3.20. The van der Waals surface area contributed by atoms with E-state index in [1.54, 1.807) is 12.2 Å². The van der Waals surface area contributed by atoms with Crippen molar-refractivity contribution in [1.82, 2.24) is 0 Å². The average Bonchev–Trinajstić information content (AvgIpc) is 1.96. The molecule has 0 saturated carbocycles. The van der Waals surface area contributed by atoms with E-state index in [1.165, 1.54) is 6.08 Å². The van der Waals surface area contributed by atoms with Crippen LogP contribution in [0.1, 0.15) is 14.2 Å². The molecule has 10 heavy (non-hydrogen) atoms. The van der Waals surface area contributed by atoms with E-state index >= 15 is 0 Å².